The van der Waals surface area contributed by atoms with Crippen LogP contribution >= 0.6 is 0 Å². The van der Waals surface area contributed by atoms with E-state index < -0.39 is 0 Å². The zero-order valence-corrected chi connectivity index (χ0v) is 13.4. The van der Waals surface area contributed by atoms with E-state index >= 15 is 0 Å². The summed E-state index contributed by atoms with van der Waals surface area (Å²) in [6.45, 7) is 5.50. The quantitative estimate of drug-likeness (QED) is 0.842. The van der Waals surface area contributed by atoms with E-state index in [9.17, 15) is 9.59 Å². The number of amides is 2. The van der Waals surface area contributed by atoms with Gasteiger partial charge in [-0.1, -0.05) is 17.7 Å². The van der Waals surface area contributed by atoms with Crippen molar-refractivity contribution in [3.63, 3.8) is 0 Å². The molecule has 0 saturated carbocycles. The summed E-state index contributed by atoms with van der Waals surface area (Å²) >= 11 is 0. The highest BCUT2D eigenvalue weighted by Gasteiger charge is 2.38. The number of likely N-dealkylation sites (tertiary alicyclic amines) is 1. The maximum atomic E-state index is 12.7. The van der Waals surface area contributed by atoms with Gasteiger partial charge in [0.25, 0.3) is 0 Å². The van der Waals surface area contributed by atoms with Crippen LogP contribution in [-0.4, -0.2) is 35.8 Å². The minimum Gasteiger partial charge on any atom is -0.340 e. The summed E-state index contributed by atoms with van der Waals surface area (Å²) in [5.41, 5.74) is 2.07. The molecule has 2 saturated heterocycles. The SMILES string of the molecule is Cc1ccc(N2C[C@@H](C(=O)N3CCCC[C@@H]3C)CC2=O)cc1. The molecular formula is C18H24N2O2. The third-order valence-electron chi connectivity index (χ3n) is 4.91. The maximum absolute atomic E-state index is 12.7. The third-order valence-corrected chi connectivity index (χ3v) is 4.91. The van der Waals surface area contributed by atoms with E-state index in [0.717, 1.165) is 25.1 Å². The monoisotopic (exact) mass is 300 g/mol. The first-order valence-corrected chi connectivity index (χ1v) is 8.24. The highest BCUT2D eigenvalue weighted by molar-refractivity contribution is 6.00. The van der Waals surface area contributed by atoms with E-state index in [-0.39, 0.29) is 17.7 Å². The molecule has 2 aliphatic rings. The normalized spacial score (nSPS) is 25.6. The van der Waals surface area contributed by atoms with Gasteiger partial charge in [0.1, 0.15) is 0 Å². The largest absolute Gasteiger partial charge is 0.340 e. The van der Waals surface area contributed by atoms with Crippen LogP contribution in [0.5, 0.6) is 0 Å². The molecule has 118 valence electrons. The predicted octanol–water partition coefficient (Wildman–Crippen LogP) is 2.75. The van der Waals surface area contributed by atoms with Crippen LogP contribution in [0.3, 0.4) is 0 Å². The summed E-state index contributed by atoms with van der Waals surface area (Å²) in [6, 6.07) is 8.24. The molecule has 22 heavy (non-hydrogen) atoms. The molecule has 2 heterocycles. The fourth-order valence-electron chi connectivity index (χ4n) is 3.51. The molecule has 2 amide bonds. The second kappa shape index (κ2) is 6.11. The Balaban J connectivity index is 1.71. The first-order valence-electron chi connectivity index (χ1n) is 8.24. The average Bonchev–Trinajstić information content (AvgIpc) is 2.90. The minimum absolute atomic E-state index is 0.0619. The Kier molecular flexibility index (Phi) is 4.19. The van der Waals surface area contributed by atoms with E-state index in [1.165, 1.54) is 12.0 Å². The van der Waals surface area contributed by atoms with Crippen molar-refractivity contribution in [2.45, 2.75) is 45.6 Å². The number of aryl methyl sites for hydroxylation is 1. The fourth-order valence-corrected chi connectivity index (χ4v) is 3.51. The van der Waals surface area contributed by atoms with Gasteiger partial charge in [-0.15, -0.1) is 0 Å². The van der Waals surface area contributed by atoms with E-state index in [1.807, 2.05) is 36.1 Å². The molecule has 4 nitrogen and oxygen atoms in total. The van der Waals surface area contributed by atoms with Crippen molar-refractivity contribution >= 4 is 17.5 Å². The number of piperidine rings is 1. The van der Waals surface area contributed by atoms with Gasteiger partial charge in [0.2, 0.25) is 11.8 Å². The maximum Gasteiger partial charge on any atom is 0.228 e. The summed E-state index contributed by atoms with van der Waals surface area (Å²) in [7, 11) is 0. The first kappa shape index (κ1) is 15.1. The van der Waals surface area contributed by atoms with Crippen molar-refractivity contribution in [1.29, 1.82) is 0 Å². The van der Waals surface area contributed by atoms with E-state index in [2.05, 4.69) is 6.92 Å². The molecule has 1 aromatic rings. The zero-order valence-electron chi connectivity index (χ0n) is 13.4. The van der Waals surface area contributed by atoms with Crippen LogP contribution in [0.25, 0.3) is 0 Å². The van der Waals surface area contributed by atoms with Crippen molar-refractivity contribution < 1.29 is 9.59 Å². The van der Waals surface area contributed by atoms with Crippen molar-refractivity contribution in [2.24, 2.45) is 5.92 Å². The van der Waals surface area contributed by atoms with Gasteiger partial charge in [0, 0.05) is 31.2 Å². The van der Waals surface area contributed by atoms with Crippen LogP contribution < -0.4 is 4.90 Å². The fraction of sp³-hybridized carbons (Fsp3) is 0.556. The van der Waals surface area contributed by atoms with Crippen LogP contribution in [0.2, 0.25) is 0 Å². The lowest BCUT2D eigenvalue weighted by Crippen LogP contribution is -2.45. The molecule has 3 rings (SSSR count). The molecular weight excluding hydrogens is 276 g/mol. The van der Waals surface area contributed by atoms with Crippen molar-refractivity contribution in [1.82, 2.24) is 4.90 Å². The van der Waals surface area contributed by atoms with Crippen LogP contribution in [0, 0.1) is 12.8 Å². The molecule has 2 atom stereocenters. The van der Waals surface area contributed by atoms with E-state index in [0.29, 0.717) is 19.0 Å². The lowest BCUT2D eigenvalue weighted by Gasteiger charge is -2.35. The van der Waals surface area contributed by atoms with Crippen LogP contribution in [0.1, 0.15) is 38.2 Å². The number of benzene rings is 1. The minimum atomic E-state index is -0.186. The van der Waals surface area contributed by atoms with Crippen LogP contribution in [0.4, 0.5) is 5.69 Å². The number of nitrogens with zero attached hydrogens (tertiary/aromatic N) is 2. The van der Waals surface area contributed by atoms with Gasteiger partial charge >= 0.3 is 0 Å². The van der Waals surface area contributed by atoms with E-state index in [4.69, 9.17) is 0 Å². The highest BCUT2D eigenvalue weighted by atomic mass is 16.2. The predicted molar refractivity (Wildman–Crippen MR) is 86.7 cm³/mol. The molecule has 0 spiro atoms. The van der Waals surface area contributed by atoms with Gasteiger partial charge in [-0.2, -0.15) is 0 Å². The van der Waals surface area contributed by atoms with Gasteiger partial charge in [0.15, 0.2) is 0 Å². The summed E-state index contributed by atoms with van der Waals surface area (Å²) in [6.07, 6.45) is 3.70. The summed E-state index contributed by atoms with van der Waals surface area (Å²) < 4.78 is 0. The number of carbonyl (C=O) groups excluding carboxylic acids is 2. The Morgan fingerprint density at radius 3 is 2.59 bits per heavy atom. The molecule has 2 aliphatic heterocycles. The van der Waals surface area contributed by atoms with E-state index in [1.54, 1.807) is 4.90 Å². The lowest BCUT2D eigenvalue weighted by molar-refractivity contribution is -0.139. The molecule has 1 aromatic carbocycles. The number of anilines is 1. The molecule has 0 bridgehead atoms. The topological polar surface area (TPSA) is 40.6 Å². The molecule has 4 heteroatoms. The van der Waals surface area contributed by atoms with Gasteiger partial charge in [0.05, 0.1) is 5.92 Å². The summed E-state index contributed by atoms with van der Waals surface area (Å²) in [5, 5.41) is 0. The van der Waals surface area contributed by atoms with Gasteiger partial charge < -0.3 is 9.80 Å². The summed E-state index contributed by atoms with van der Waals surface area (Å²) in [4.78, 5) is 28.8. The Bertz CT molecular complexity index is 567. The number of hydrogen-bond acceptors (Lipinski definition) is 2. The second-order valence-corrected chi connectivity index (χ2v) is 6.62. The Morgan fingerprint density at radius 1 is 1.18 bits per heavy atom. The van der Waals surface area contributed by atoms with Gasteiger partial charge in [-0.3, -0.25) is 9.59 Å². The van der Waals surface area contributed by atoms with Crippen molar-refractivity contribution in [3.8, 4) is 0 Å². The molecule has 0 radical (unpaired) electrons. The van der Waals surface area contributed by atoms with Gasteiger partial charge in [-0.25, -0.2) is 0 Å². The molecule has 0 aromatic heterocycles. The molecule has 0 aliphatic carbocycles. The number of hydrogen-bond donors (Lipinski definition) is 0. The second-order valence-electron chi connectivity index (χ2n) is 6.62. The Hall–Kier alpha value is -1.84. The van der Waals surface area contributed by atoms with Crippen LogP contribution in [0.15, 0.2) is 24.3 Å². The van der Waals surface area contributed by atoms with Crippen molar-refractivity contribution in [3.05, 3.63) is 29.8 Å². The molecule has 2 fully saturated rings. The molecule has 0 unspecified atom stereocenters. The number of rotatable bonds is 2. The first-order chi connectivity index (χ1) is 10.6. The Morgan fingerprint density at radius 2 is 1.91 bits per heavy atom. The standard InChI is InChI=1S/C18H24N2O2/c1-13-6-8-16(9-7-13)20-12-15(11-17(20)21)18(22)19-10-4-3-5-14(19)2/h6-9,14-15H,3-5,10-12H2,1-2H3/t14-,15-/m0/s1. The molecule has 0 N–H and O–H groups in total. The summed E-state index contributed by atoms with van der Waals surface area (Å²) in [5.74, 6) is 0.0383. The van der Waals surface area contributed by atoms with Crippen LogP contribution in [-0.2, 0) is 9.59 Å². The average molecular weight is 300 g/mol. The number of carbonyl (C=O) groups is 2. The van der Waals surface area contributed by atoms with Crippen molar-refractivity contribution in [2.75, 3.05) is 18.0 Å². The highest BCUT2D eigenvalue weighted by Crippen LogP contribution is 2.28. The Labute approximate surface area is 132 Å². The lowest BCUT2D eigenvalue weighted by atomic mass is 9.99. The zero-order chi connectivity index (χ0) is 15.7. The smallest absolute Gasteiger partial charge is 0.228 e. The van der Waals surface area contributed by atoms with Gasteiger partial charge in [-0.05, 0) is 45.2 Å². The third kappa shape index (κ3) is 2.87.